The van der Waals surface area contributed by atoms with Gasteiger partial charge in [0.1, 0.15) is 5.41 Å². The Morgan fingerprint density at radius 3 is 2.60 bits per heavy atom. The van der Waals surface area contributed by atoms with Crippen molar-refractivity contribution in [2.45, 2.75) is 38.5 Å². The fourth-order valence-electron chi connectivity index (χ4n) is 3.48. The van der Waals surface area contributed by atoms with E-state index in [1.807, 2.05) is 11.8 Å². The van der Waals surface area contributed by atoms with Crippen molar-refractivity contribution < 1.29 is 14.4 Å². The predicted octanol–water partition coefficient (Wildman–Crippen LogP) is 1.77. The summed E-state index contributed by atoms with van der Waals surface area (Å²) in [5, 5.41) is 2.41. The van der Waals surface area contributed by atoms with E-state index in [4.69, 9.17) is 0 Å². The summed E-state index contributed by atoms with van der Waals surface area (Å²) in [4.78, 5) is 38.2. The molecule has 1 unspecified atom stereocenters. The summed E-state index contributed by atoms with van der Waals surface area (Å²) in [7, 11) is 0. The highest BCUT2D eigenvalue weighted by molar-refractivity contribution is 7.99. The zero-order valence-corrected chi connectivity index (χ0v) is 12.3. The van der Waals surface area contributed by atoms with E-state index < -0.39 is 11.4 Å². The summed E-state index contributed by atoms with van der Waals surface area (Å²) in [6, 6.07) is -0.520. The molecule has 0 radical (unpaired) electrons. The van der Waals surface area contributed by atoms with Crippen molar-refractivity contribution in [2.75, 3.05) is 18.1 Å². The minimum Gasteiger partial charge on any atom is -0.277 e. The Hall–Kier alpha value is -1.04. The third-order valence-electron chi connectivity index (χ3n) is 4.73. The molecule has 3 fully saturated rings. The van der Waals surface area contributed by atoms with Gasteiger partial charge in [0.25, 0.3) is 0 Å². The third kappa shape index (κ3) is 2.24. The number of carbonyl (C=O) groups is 3. The van der Waals surface area contributed by atoms with Crippen molar-refractivity contribution in [1.29, 1.82) is 0 Å². The van der Waals surface area contributed by atoms with Crippen LogP contribution in [-0.2, 0) is 9.59 Å². The van der Waals surface area contributed by atoms with Gasteiger partial charge in [0.15, 0.2) is 0 Å². The minimum atomic E-state index is -0.960. The van der Waals surface area contributed by atoms with Crippen molar-refractivity contribution in [1.82, 2.24) is 10.2 Å². The van der Waals surface area contributed by atoms with Crippen molar-refractivity contribution in [3.8, 4) is 0 Å². The molecule has 1 N–H and O–H groups in total. The van der Waals surface area contributed by atoms with Crippen LogP contribution in [0.4, 0.5) is 4.79 Å². The van der Waals surface area contributed by atoms with Crippen LogP contribution in [0.2, 0.25) is 0 Å². The van der Waals surface area contributed by atoms with Crippen LogP contribution in [0.15, 0.2) is 0 Å². The van der Waals surface area contributed by atoms with E-state index in [9.17, 15) is 14.4 Å². The van der Waals surface area contributed by atoms with Gasteiger partial charge in [0, 0.05) is 6.54 Å². The van der Waals surface area contributed by atoms with E-state index >= 15 is 0 Å². The fourth-order valence-corrected chi connectivity index (χ4v) is 4.75. The zero-order valence-electron chi connectivity index (χ0n) is 11.5. The number of carbonyl (C=O) groups excluding carboxylic acids is 3. The fraction of sp³-hybridized carbons (Fsp3) is 0.786. The summed E-state index contributed by atoms with van der Waals surface area (Å²) in [6.45, 7) is 0.465. The molecular formula is C14H20N2O3S. The number of thioether (sulfide) groups is 1. The second-order valence-electron chi connectivity index (χ2n) is 6.05. The van der Waals surface area contributed by atoms with Crippen LogP contribution in [-0.4, -0.2) is 40.8 Å². The molecule has 1 atom stereocenters. The highest BCUT2D eigenvalue weighted by Crippen LogP contribution is 2.40. The Bertz CT molecular complexity index is 440. The molecule has 0 aromatic rings. The van der Waals surface area contributed by atoms with Gasteiger partial charge >= 0.3 is 6.03 Å². The monoisotopic (exact) mass is 296 g/mol. The van der Waals surface area contributed by atoms with Gasteiger partial charge in [-0.25, -0.2) is 4.79 Å². The number of urea groups is 1. The van der Waals surface area contributed by atoms with Crippen molar-refractivity contribution in [2.24, 2.45) is 11.3 Å². The first-order chi connectivity index (χ1) is 9.63. The summed E-state index contributed by atoms with van der Waals surface area (Å²) >= 11 is 1.86. The van der Waals surface area contributed by atoms with Crippen LogP contribution in [0, 0.1) is 11.3 Å². The maximum absolute atomic E-state index is 12.7. The summed E-state index contributed by atoms with van der Waals surface area (Å²) in [6.07, 6.45) is 5.06. The number of nitrogens with one attached hydrogen (secondary N) is 1. The first kappa shape index (κ1) is 13.9. The lowest BCUT2D eigenvalue weighted by molar-refractivity contribution is -0.154. The summed E-state index contributed by atoms with van der Waals surface area (Å²) < 4.78 is 0. The topological polar surface area (TPSA) is 66.5 Å². The number of hydrogen-bond donors (Lipinski definition) is 1. The smallest absolute Gasteiger partial charge is 0.277 e. The maximum atomic E-state index is 12.7. The Morgan fingerprint density at radius 2 is 1.95 bits per heavy atom. The molecule has 4 amide bonds. The van der Waals surface area contributed by atoms with E-state index in [2.05, 4.69) is 5.32 Å². The molecule has 3 rings (SSSR count). The highest BCUT2D eigenvalue weighted by Gasteiger charge is 2.54. The molecule has 2 aliphatic heterocycles. The molecule has 2 heterocycles. The Kier molecular flexibility index (Phi) is 3.75. The minimum absolute atomic E-state index is 0.247. The average Bonchev–Trinajstić information content (AvgIpc) is 2.96. The van der Waals surface area contributed by atoms with E-state index in [1.54, 1.807) is 0 Å². The molecule has 6 heteroatoms. The maximum Gasteiger partial charge on any atom is 0.330 e. The number of hydrogen-bond acceptors (Lipinski definition) is 4. The predicted molar refractivity (Wildman–Crippen MR) is 76.2 cm³/mol. The van der Waals surface area contributed by atoms with Gasteiger partial charge in [-0.15, -0.1) is 0 Å². The Balaban J connectivity index is 1.80. The normalized spacial score (nSPS) is 29.9. The first-order valence-electron chi connectivity index (χ1n) is 7.39. The van der Waals surface area contributed by atoms with Gasteiger partial charge in [0.05, 0.1) is 0 Å². The first-order valence-corrected chi connectivity index (χ1v) is 8.54. The Morgan fingerprint density at radius 1 is 1.20 bits per heavy atom. The van der Waals surface area contributed by atoms with E-state index in [1.165, 1.54) is 4.90 Å². The van der Waals surface area contributed by atoms with Crippen LogP contribution in [0.3, 0.4) is 0 Å². The van der Waals surface area contributed by atoms with Crippen molar-refractivity contribution in [3.63, 3.8) is 0 Å². The van der Waals surface area contributed by atoms with Crippen LogP contribution < -0.4 is 5.32 Å². The van der Waals surface area contributed by atoms with Gasteiger partial charge in [-0.1, -0.05) is 19.3 Å². The molecule has 5 nitrogen and oxygen atoms in total. The van der Waals surface area contributed by atoms with Crippen LogP contribution >= 0.6 is 11.8 Å². The SMILES string of the molecule is O=C1NC(=O)C2(CCCCC2)C(=O)N1CC1CCSC1. The lowest BCUT2D eigenvalue weighted by atomic mass is 9.71. The molecule has 3 aliphatic rings. The summed E-state index contributed by atoms with van der Waals surface area (Å²) in [5.74, 6) is 1.85. The molecule has 20 heavy (non-hydrogen) atoms. The molecule has 1 spiro atoms. The van der Waals surface area contributed by atoms with Crippen molar-refractivity contribution >= 4 is 29.6 Å². The van der Waals surface area contributed by atoms with Gasteiger partial charge in [-0.05, 0) is 36.7 Å². The van der Waals surface area contributed by atoms with Crippen LogP contribution in [0.5, 0.6) is 0 Å². The second-order valence-corrected chi connectivity index (χ2v) is 7.20. The van der Waals surface area contributed by atoms with E-state index in [-0.39, 0.29) is 11.8 Å². The molecular weight excluding hydrogens is 276 g/mol. The lowest BCUT2D eigenvalue weighted by Gasteiger charge is -2.41. The van der Waals surface area contributed by atoms with Crippen LogP contribution in [0.1, 0.15) is 38.5 Å². The molecule has 0 bridgehead atoms. The Labute approximate surface area is 122 Å². The quantitative estimate of drug-likeness (QED) is 0.789. The number of rotatable bonds is 2. The van der Waals surface area contributed by atoms with E-state index in [0.29, 0.717) is 25.3 Å². The standard InChI is InChI=1S/C14H20N2O3S/c17-11-14(5-2-1-3-6-14)12(18)16(13(19)15-11)8-10-4-7-20-9-10/h10H,1-9H2,(H,15,17,19). The van der Waals surface area contributed by atoms with Gasteiger partial charge in [-0.2, -0.15) is 11.8 Å². The van der Waals surface area contributed by atoms with Gasteiger partial charge in [-0.3, -0.25) is 19.8 Å². The average molecular weight is 296 g/mol. The highest BCUT2D eigenvalue weighted by atomic mass is 32.2. The van der Waals surface area contributed by atoms with Crippen LogP contribution in [0.25, 0.3) is 0 Å². The molecule has 1 saturated carbocycles. The van der Waals surface area contributed by atoms with E-state index in [0.717, 1.165) is 37.2 Å². The van der Waals surface area contributed by atoms with Crippen molar-refractivity contribution in [3.05, 3.63) is 0 Å². The summed E-state index contributed by atoms with van der Waals surface area (Å²) in [5.41, 5.74) is -0.960. The van der Waals surface area contributed by atoms with Gasteiger partial charge < -0.3 is 0 Å². The molecule has 0 aromatic carbocycles. The second kappa shape index (κ2) is 5.39. The lowest BCUT2D eigenvalue weighted by Crippen LogP contribution is -2.64. The molecule has 2 saturated heterocycles. The molecule has 110 valence electrons. The third-order valence-corrected chi connectivity index (χ3v) is 5.96. The number of nitrogens with zero attached hydrogens (tertiary/aromatic N) is 1. The zero-order chi connectivity index (χ0) is 14.2. The largest absolute Gasteiger partial charge is 0.330 e. The molecule has 1 aliphatic carbocycles. The van der Waals surface area contributed by atoms with Gasteiger partial charge in [0.2, 0.25) is 11.8 Å². The number of imide groups is 2. The number of barbiturate groups is 1. The molecule has 0 aromatic heterocycles. The number of amides is 4.